The molecule has 0 aromatic carbocycles. The Kier molecular flexibility index (Phi) is 4.18. The van der Waals surface area contributed by atoms with Gasteiger partial charge in [-0.3, -0.25) is 0 Å². The number of rotatable bonds is 1. The fraction of sp³-hybridized carbons (Fsp3) is 0.846. The smallest absolute Gasteiger partial charge is 0.00155 e. The van der Waals surface area contributed by atoms with Gasteiger partial charge in [0, 0.05) is 6.54 Å². The molecule has 0 amide bonds. The van der Waals surface area contributed by atoms with Crippen molar-refractivity contribution in [2.24, 2.45) is 5.41 Å². The van der Waals surface area contributed by atoms with Gasteiger partial charge in [0.05, 0.1) is 0 Å². The Morgan fingerprint density at radius 3 is 2.57 bits per heavy atom. The molecule has 1 aliphatic heterocycles. The van der Waals surface area contributed by atoms with Gasteiger partial charge in [-0.1, -0.05) is 32.4 Å². The van der Waals surface area contributed by atoms with E-state index in [2.05, 4.69) is 38.8 Å². The van der Waals surface area contributed by atoms with E-state index < -0.39 is 0 Å². The molecule has 0 aliphatic carbocycles. The standard InChI is InChI=1S/C13H25N/c1-13(2,3)9-7-12-6-5-10-14(4)11-8-12/h7H,5-6,8-11H2,1-4H3/b12-7-. The van der Waals surface area contributed by atoms with E-state index >= 15 is 0 Å². The van der Waals surface area contributed by atoms with Gasteiger partial charge in [-0.15, -0.1) is 0 Å². The summed E-state index contributed by atoms with van der Waals surface area (Å²) >= 11 is 0. The van der Waals surface area contributed by atoms with Gasteiger partial charge in [0.15, 0.2) is 0 Å². The molecule has 0 aromatic heterocycles. The van der Waals surface area contributed by atoms with Crippen molar-refractivity contribution >= 4 is 0 Å². The molecule has 0 radical (unpaired) electrons. The molecule has 0 aromatic rings. The van der Waals surface area contributed by atoms with Crippen molar-refractivity contribution in [1.29, 1.82) is 0 Å². The van der Waals surface area contributed by atoms with E-state index in [9.17, 15) is 0 Å². The summed E-state index contributed by atoms with van der Waals surface area (Å²) in [7, 11) is 2.23. The van der Waals surface area contributed by atoms with Crippen molar-refractivity contribution in [3.05, 3.63) is 11.6 Å². The van der Waals surface area contributed by atoms with Crippen molar-refractivity contribution in [2.75, 3.05) is 20.1 Å². The van der Waals surface area contributed by atoms with Gasteiger partial charge >= 0.3 is 0 Å². The highest BCUT2D eigenvalue weighted by molar-refractivity contribution is 5.05. The molecule has 82 valence electrons. The van der Waals surface area contributed by atoms with Gasteiger partial charge in [-0.05, 0) is 44.7 Å². The molecule has 1 heteroatoms. The van der Waals surface area contributed by atoms with Crippen LogP contribution >= 0.6 is 0 Å². The molecule has 0 unspecified atom stereocenters. The van der Waals surface area contributed by atoms with Crippen LogP contribution in [0.2, 0.25) is 0 Å². The van der Waals surface area contributed by atoms with E-state index in [1.807, 2.05) is 0 Å². The molecular weight excluding hydrogens is 170 g/mol. The minimum Gasteiger partial charge on any atom is -0.306 e. The fourth-order valence-electron chi connectivity index (χ4n) is 1.80. The van der Waals surface area contributed by atoms with Crippen LogP contribution in [-0.4, -0.2) is 25.0 Å². The average Bonchev–Trinajstić information content (AvgIpc) is 2.25. The summed E-state index contributed by atoms with van der Waals surface area (Å²) < 4.78 is 0. The van der Waals surface area contributed by atoms with Crippen molar-refractivity contribution in [1.82, 2.24) is 4.90 Å². The van der Waals surface area contributed by atoms with E-state index in [0.29, 0.717) is 5.41 Å². The van der Waals surface area contributed by atoms with Gasteiger partial charge in [0.2, 0.25) is 0 Å². The molecule has 0 bridgehead atoms. The lowest BCUT2D eigenvalue weighted by molar-refractivity contribution is 0.351. The largest absolute Gasteiger partial charge is 0.306 e. The Morgan fingerprint density at radius 1 is 1.21 bits per heavy atom. The minimum atomic E-state index is 0.450. The molecule has 0 saturated carbocycles. The summed E-state index contributed by atoms with van der Waals surface area (Å²) in [6, 6.07) is 0. The van der Waals surface area contributed by atoms with Crippen LogP contribution in [-0.2, 0) is 0 Å². The number of hydrogen-bond donors (Lipinski definition) is 0. The zero-order valence-electron chi connectivity index (χ0n) is 10.3. The summed E-state index contributed by atoms with van der Waals surface area (Å²) in [6.07, 6.45) is 7.66. The lowest BCUT2D eigenvalue weighted by Gasteiger charge is -2.16. The van der Waals surface area contributed by atoms with Crippen molar-refractivity contribution in [2.45, 2.75) is 46.5 Å². The summed E-state index contributed by atoms with van der Waals surface area (Å²) in [4.78, 5) is 2.44. The molecule has 1 fully saturated rings. The van der Waals surface area contributed by atoms with Gasteiger partial charge in [-0.2, -0.15) is 0 Å². The van der Waals surface area contributed by atoms with Crippen LogP contribution in [0.1, 0.15) is 46.5 Å². The first-order chi connectivity index (χ1) is 6.47. The lowest BCUT2D eigenvalue weighted by atomic mass is 9.90. The molecule has 14 heavy (non-hydrogen) atoms. The number of likely N-dealkylation sites (tertiary alicyclic amines) is 1. The maximum absolute atomic E-state index is 2.49. The van der Waals surface area contributed by atoms with Crippen molar-refractivity contribution < 1.29 is 0 Å². The average molecular weight is 195 g/mol. The van der Waals surface area contributed by atoms with Crippen LogP contribution in [0.5, 0.6) is 0 Å². The summed E-state index contributed by atoms with van der Waals surface area (Å²) in [5.74, 6) is 0. The molecule has 0 N–H and O–H groups in total. The van der Waals surface area contributed by atoms with Gasteiger partial charge in [0.25, 0.3) is 0 Å². The van der Waals surface area contributed by atoms with Crippen LogP contribution in [0, 0.1) is 5.41 Å². The number of hydrogen-bond acceptors (Lipinski definition) is 1. The molecule has 1 nitrogen and oxygen atoms in total. The van der Waals surface area contributed by atoms with E-state index in [1.165, 1.54) is 38.8 Å². The van der Waals surface area contributed by atoms with Crippen LogP contribution in [0.4, 0.5) is 0 Å². The SMILES string of the molecule is CN1CCC/C(=C/CC(C)(C)C)CC1. The first-order valence-corrected chi connectivity index (χ1v) is 5.84. The normalized spacial score (nSPS) is 23.9. The van der Waals surface area contributed by atoms with E-state index in [-0.39, 0.29) is 0 Å². The third-order valence-electron chi connectivity index (χ3n) is 2.86. The second-order valence-corrected chi connectivity index (χ2v) is 5.78. The fourth-order valence-corrected chi connectivity index (χ4v) is 1.80. The Balaban J connectivity index is 2.43. The summed E-state index contributed by atoms with van der Waals surface area (Å²) in [6.45, 7) is 9.45. The Labute approximate surface area is 89.2 Å². The Hall–Kier alpha value is -0.300. The maximum atomic E-state index is 2.49. The van der Waals surface area contributed by atoms with Crippen molar-refractivity contribution in [3.63, 3.8) is 0 Å². The minimum absolute atomic E-state index is 0.450. The third-order valence-corrected chi connectivity index (χ3v) is 2.86. The van der Waals surface area contributed by atoms with E-state index in [4.69, 9.17) is 0 Å². The van der Waals surface area contributed by atoms with Gasteiger partial charge in [0.1, 0.15) is 0 Å². The molecule has 1 saturated heterocycles. The molecule has 1 rings (SSSR count). The molecular formula is C13H25N. The molecule has 0 spiro atoms. The first kappa shape index (κ1) is 11.8. The molecule has 0 atom stereocenters. The zero-order chi connectivity index (χ0) is 10.6. The second-order valence-electron chi connectivity index (χ2n) is 5.78. The molecule has 1 heterocycles. The first-order valence-electron chi connectivity index (χ1n) is 5.84. The third kappa shape index (κ3) is 4.80. The zero-order valence-corrected chi connectivity index (χ0v) is 10.3. The summed E-state index contributed by atoms with van der Waals surface area (Å²) in [5, 5.41) is 0. The second kappa shape index (κ2) is 4.97. The highest BCUT2D eigenvalue weighted by Gasteiger charge is 2.11. The summed E-state index contributed by atoms with van der Waals surface area (Å²) in [5.41, 5.74) is 2.13. The van der Waals surface area contributed by atoms with Gasteiger partial charge < -0.3 is 4.90 Å². The van der Waals surface area contributed by atoms with Crippen LogP contribution in [0.25, 0.3) is 0 Å². The predicted molar refractivity (Wildman–Crippen MR) is 63.5 cm³/mol. The maximum Gasteiger partial charge on any atom is 0.00155 e. The lowest BCUT2D eigenvalue weighted by Crippen LogP contribution is -2.18. The van der Waals surface area contributed by atoms with Crippen LogP contribution in [0.15, 0.2) is 11.6 Å². The number of nitrogens with zero attached hydrogens (tertiary/aromatic N) is 1. The predicted octanol–water partition coefficient (Wildman–Crippen LogP) is 3.46. The quantitative estimate of drug-likeness (QED) is 0.579. The van der Waals surface area contributed by atoms with Gasteiger partial charge in [-0.25, -0.2) is 0 Å². The van der Waals surface area contributed by atoms with Crippen LogP contribution in [0.3, 0.4) is 0 Å². The Morgan fingerprint density at radius 2 is 1.93 bits per heavy atom. The topological polar surface area (TPSA) is 3.24 Å². The molecule has 1 aliphatic rings. The Bertz CT molecular complexity index is 198. The monoisotopic (exact) mass is 195 g/mol. The highest BCUT2D eigenvalue weighted by atomic mass is 15.1. The van der Waals surface area contributed by atoms with Crippen molar-refractivity contribution in [3.8, 4) is 0 Å². The van der Waals surface area contributed by atoms with E-state index in [1.54, 1.807) is 5.57 Å². The number of allylic oxidation sites excluding steroid dienone is 1. The van der Waals surface area contributed by atoms with Crippen LogP contribution < -0.4 is 0 Å². The van der Waals surface area contributed by atoms with E-state index in [0.717, 1.165) is 0 Å². The highest BCUT2D eigenvalue weighted by Crippen LogP contribution is 2.23.